The number of amides is 1. The van der Waals surface area contributed by atoms with Crippen molar-refractivity contribution >= 4 is 17.3 Å². The average Bonchev–Trinajstić information content (AvgIpc) is 2.85. The Labute approximate surface area is 132 Å². The van der Waals surface area contributed by atoms with Crippen molar-refractivity contribution in [1.82, 2.24) is 5.32 Å². The Bertz CT molecular complexity index is 492. The van der Waals surface area contributed by atoms with Gasteiger partial charge in [-0.15, -0.1) is 0 Å². The van der Waals surface area contributed by atoms with Gasteiger partial charge in [-0.1, -0.05) is 18.9 Å². The van der Waals surface area contributed by atoms with E-state index in [0.717, 1.165) is 25.3 Å². The van der Waals surface area contributed by atoms with Gasteiger partial charge in [0.25, 0.3) is 5.91 Å². The SMILES string of the molecule is O=C(Nc1cccc(N2CCCCCC2)c1)C1CNCCO1. The van der Waals surface area contributed by atoms with E-state index in [2.05, 4.69) is 27.7 Å². The van der Waals surface area contributed by atoms with Gasteiger partial charge in [0.2, 0.25) is 0 Å². The number of ether oxygens (including phenoxy) is 1. The van der Waals surface area contributed by atoms with Gasteiger partial charge in [-0.3, -0.25) is 4.79 Å². The first-order valence-corrected chi connectivity index (χ1v) is 8.31. The quantitative estimate of drug-likeness (QED) is 0.897. The van der Waals surface area contributed by atoms with Gasteiger partial charge in [0.1, 0.15) is 6.10 Å². The lowest BCUT2D eigenvalue weighted by atomic mass is 10.2. The maximum Gasteiger partial charge on any atom is 0.254 e. The van der Waals surface area contributed by atoms with Crippen LogP contribution < -0.4 is 15.5 Å². The third kappa shape index (κ3) is 3.99. The van der Waals surface area contributed by atoms with Gasteiger partial charge in [0.05, 0.1) is 6.61 Å². The number of carbonyl (C=O) groups excluding carboxylic acids is 1. The summed E-state index contributed by atoms with van der Waals surface area (Å²) in [5.41, 5.74) is 2.04. The van der Waals surface area contributed by atoms with E-state index in [1.54, 1.807) is 0 Å². The number of nitrogens with one attached hydrogen (secondary N) is 2. The highest BCUT2D eigenvalue weighted by Gasteiger charge is 2.21. The maximum absolute atomic E-state index is 12.2. The molecule has 0 aromatic heterocycles. The van der Waals surface area contributed by atoms with E-state index in [4.69, 9.17) is 4.74 Å². The second-order valence-corrected chi connectivity index (χ2v) is 6.00. The number of morpholine rings is 1. The highest BCUT2D eigenvalue weighted by molar-refractivity contribution is 5.94. The van der Waals surface area contributed by atoms with Crippen molar-refractivity contribution < 1.29 is 9.53 Å². The van der Waals surface area contributed by atoms with E-state index in [1.165, 1.54) is 31.4 Å². The molecule has 120 valence electrons. The number of benzene rings is 1. The molecule has 1 unspecified atom stereocenters. The third-order valence-electron chi connectivity index (χ3n) is 4.30. The Morgan fingerprint density at radius 1 is 1.23 bits per heavy atom. The molecule has 0 aliphatic carbocycles. The molecule has 2 fully saturated rings. The van der Waals surface area contributed by atoms with E-state index in [0.29, 0.717) is 13.2 Å². The molecule has 3 rings (SSSR count). The summed E-state index contributed by atoms with van der Waals surface area (Å²) in [6.07, 6.45) is 4.74. The lowest BCUT2D eigenvalue weighted by Gasteiger charge is -2.24. The molecule has 1 aromatic rings. The standard InChI is InChI=1S/C17H25N3O2/c21-17(16-13-18-8-11-22-16)19-14-6-5-7-15(12-14)20-9-3-1-2-4-10-20/h5-7,12,16,18H,1-4,8-11,13H2,(H,19,21). The smallest absolute Gasteiger partial charge is 0.254 e. The van der Waals surface area contributed by atoms with Gasteiger partial charge >= 0.3 is 0 Å². The van der Waals surface area contributed by atoms with E-state index < -0.39 is 6.10 Å². The lowest BCUT2D eigenvalue weighted by molar-refractivity contribution is -0.128. The van der Waals surface area contributed by atoms with Crippen LogP contribution in [0.5, 0.6) is 0 Å². The minimum absolute atomic E-state index is 0.0692. The minimum Gasteiger partial charge on any atom is -0.371 e. The van der Waals surface area contributed by atoms with Gasteiger partial charge in [-0.25, -0.2) is 0 Å². The van der Waals surface area contributed by atoms with Gasteiger partial charge < -0.3 is 20.3 Å². The van der Waals surface area contributed by atoms with Crippen LogP contribution >= 0.6 is 0 Å². The fraction of sp³-hybridized carbons (Fsp3) is 0.588. The van der Waals surface area contributed by atoms with Crippen LogP contribution in [0.4, 0.5) is 11.4 Å². The number of nitrogens with zero attached hydrogens (tertiary/aromatic N) is 1. The van der Waals surface area contributed by atoms with Gasteiger partial charge in [-0.2, -0.15) is 0 Å². The fourth-order valence-corrected chi connectivity index (χ4v) is 3.07. The first-order valence-electron chi connectivity index (χ1n) is 8.31. The van der Waals surface area contributed by atoms with Crippen molar-refractivity contribution in [2.24, 2.45) is 0 Å². The Hall–Kier alpha value is -1.59. The Balaban J connectivity index is 1.64. The van der Waals surface area contributed by atoms with Crippen LogP contribution in [0, 0.1) is 0 Å². The molecule has 22 heavy (non-hydrogen) atoms. The predicted octanol–water partition coefficient (Wildman–Crippen LogP) is 1.99. The molecule has 1 amide bonds. The van der Waals surface area contributed by atoms with Gasteiger partial charge in [0.15, 0.2) is 0 Å². The molecule has 0 radical (unpaired) electrons. The van der Waals surface area contributed by atoms with Crippen molar-refractivity contribution in [1.29, 1.82) is 0 Å². The van der Waals surface area contributed by atoms with Crippen LogP contribution in [0.3, 0.4) is 0 Å². The van der Waals surface area contributed by atoms with Crippen LogP contribution in [-0.2, 0) is 9.53 Å². The third-order valence-corrected chi connectivity index (χ3v) is 4.30. The predicted molar refractivity (Wildman–Crippen MR) is 88.4 cm³/mol. The van der Waals surface area contributed by atoms with Crippen LogP contribution in [0.2, 0.25) is 0 Å². The highest BCUT2D eigenvalue weighted by atomic mass is 16.5. The summed E-state index contributed by atoms with van der Waals surface area (Å²) in [6.45, 7) is 4.19. The zero-order valence-electron chi connectivity index (χ0n) is 13.0. The molecule has 5 nitrogen and oxygen atoms in total. The maximum atomic E-state index is 12.2. The lowest BCUT2D eigenvalue weighted by Crippen LogP contribution is -2.45. The fourth-order valence-electron chi connectivity index (χ4n) is 3.07. The summed E-state index contributed by atoms with van der Waals surface area (Å²) in [5.74, 6) is -0.0692. The summed E-state index contributed by atoms with van der Waals surface area (Å²) in [5, 5.41) is 6.15. The van der Waals surface area contributed by atoms with Crippen LogP contribution in [-0.4, -0.2) is 44.8 Å². The molecule has 2 N–H and O–H groups in total. The molecular formula is C17H25N3O2. The summed E-state index contributed by atoms with van der Waals surface area (Å²) >= 11 is 0. The summed E-state index contributed by atoms with van der Waals surface area (Å²) in [7, 11) is 0. The number of carbonyl (C=O) groups is 1. The zero-order valence-corrected chi connectivity index (χ0v) is 13.0. The van der Waals surface area contributed by atoms with E-state index >= 15 is 0 Å². The number of hydrogen-bond acceptors (Lipinski definition) is 4. The van der Waals surface area contributed by atoms with Crippen molar-refractivity contribution in [2.75, 3.05) is 43.0 Å². The first-order chi connectivity index (χ1) is 10.8. The second kappa shape index (κ2) is 7.61. The first kappa shape index (κ1) is 15.3. The molecule has 0 spiro atoms. The van der Waals surface area contributed by atoms with Crippen molar-refractivity contribution in [2.45, 2.75) is 31.8 Å². The summed E-state index contributed by atoms with van der Waals surface area (Å²) in [6, 6.07) is 8.14. The van der Waals surface area contributed by atoms with E-state index in [-0.39, 0.29) is 5.91 Å². The Morgan fingerprint density at radius 3 is 2.77 bits per heavy atom. The molecule has 2 saturated heterocycles. The average molecular weight is 303 g/mol. The monoisotopic (exact) mass is 303 g/mol. The molecular weight excluding hydrogens is 278 g/mol. The summed E-state index contributed by atoms with van der Waals surface area (Å²) in [4.78, 5) is 14.6. The molecule has 0 saturated carbocycles. The summed E-state index contributed by atoms with van der Waals surface area (Å²) < 4.78 is 5.49. The van der Waals surface area contributed by atoms with Crippen LogP contribution in [0.25, 0.3) is 0 Å². The molecule has 2 aliphatic heterocycles. The van der Waals surface area contributed by atoms with Crippen LogP contribution in [0.1, 0.15) is 25.7 Å². The molecule has 0 bridgehead atoms. The molecule has 2 aliphatic rings. The number of anilines is 2. The van der Waals surface area contributed by atoms with Crippen molar-refractivity contribution in [3.05, 3.63) is 24.3 Å². The minimum atomic E-state index is -0.393. The van der Waals surface area contributed by atoms with Crippen molar-refractivity contribution in [3.63, 3.8) is 0 Å². The highest BCUT2D eigenvalue weighted by Crippen LogP contribution is 2.23. The number of hydrogen-bond donors (Lipinski definition) is 2. The van der Waals surface area contributed by atoms with Crippen molar-refractivity contribution in [3.8, 4) is 0 Å². The normalized spacial score (nSPS) is 22.9. The number of rotatable bonds is 3. The molecule has 1 atom stereocenters. The van der Waals surface area contributed by atoms with E-state index in [9.17, 15) is 4.79 Å². The largest absolute Gasteiger partial charge is 0.371 e. The van der Waals surface area contributed by atoms with Crippen LogP contribution in [0.15, 0.2) is 24.3 Å². The molecule has 5 heteroatoms. The molecule has 1 aromatic carbocycles. The zero-order chi connectivity index (χ0) is 15.2. The Morgan fingerprint density at radius 2 is 2.05 bits per heavy atom. The molecule has 2 heterocycles. The topological polar surface area (TPSA) is 53.6 Å². The van der Waals surface area contributed by atoms with E-state index in [1.807, 2.05) is 12.1 Å². The van der Waals surface area contributed by atoms with Gasteiger partial charge in [0, 0.05) is 37.6 Å². The Kier molecular flexibility index (Phi) is 5.29. The van der Waals surface area contributed by atoms with Gasteiger partial charge in [-0.05, 0) is 31.0 Å². The second-order valence-electron chi connectivity index (χ2n) is 6.00.